The van der Waals surface area contributed by atoms with Crippen LogP contribution >= 0.6 is 0 Å². The van der Waals surface area contributed by atoms with Gasteiger partial charge in [-0.2, -0.15) is 0 Å². The molecule has 0 radical (unpaired) electrons. The third-order valence-electron chi connectivity index (χ3n) is 5.33. The standard InChI is InChI=1S/C26H32N2O4/c1-6-31-15-7-14-28-25(29)23(20-9-8-18(4)19(5)16-20)24(26(28)30)27-21-10-12-22(13-11-21)32-17(2)3/h8-13,16-17,27H,6-7,14-15H2,1-5H3. The Labute approximate surface area is 190 Å². The summed E-state index contributed by atoms with van der Waals surface area (Å²) in [6.07, 6.45) is 0.673. The maximum absolute atomic E-state index is 13.3. The number of rotatable bonds is 10. The van der Waals surface area contributed by atoms with Crippen LogP contribution in [0.15, 0.2) is 48.2 Å². The smallest absolute Gasteiger partial charge is 0.278 e. The summed E-state index contributed by atoms with van der Waals surface area (Å²) in [5.74, 6) is 0.152. The summed E-state index contributed by atoms with van der Waals surface area (Å²) >= 11 is 0. The van der Waals surface area contributed by atoms with Crippen molar-refractivity contribution < 1.29 is 19.1 Å². The summed E-state index contributed by atoms with van der Waals surface area (Å²) in [4.78, 5) is 27.9. The number of benzene rings is 2. The zero-order chi connectivity index (χ0) is 23.3. The lowest BCUT2D eigenvalue weighted by atomic mass is 9.99. The van der Waals surface area contributed by atoms with Gasteiger partial charge in [0.25, 0.3) is 11.8 Å². The fraction of sp³-hybridized carbons (Fsp3) is 0.385. The van der Waals surface area contributed by atoms with Gasteiger partial charge in [-0.1, -0.05) is 18.2 Å². The molecule has 32 heavy (non-hydrogen) atoms. The molecule has 1 aliphatic heterocycles. The van der Waals surface area contributed by atoms with E-state index in [-0.39, 0.29) is 17.9 Å². The van der Waals surface area contributed by atoms with Crippen LogP contribution < -0.4 is 10.1 Å². The van der Waals surface area contributed by atoms with E-state index in [1.165, 1.54) is 4.90 Å². The zero-order valence-corrected chi connectivity index (χ0v) is 19.5. The average molecular weight is 437 g/mol. The van der Waals surface area contributed by atoms with Crippen molar-refractivity contribution in [2.45, 2.75) is 47.1 Å². The highest BCUT2D eigenvalue weighted by atomic mass is 16.5. The van der Waals surface area contributed by atoms with Gasteiger partial charge in [-0.25, -0.2) is 0 Å². The predicted molar refractivity (Wildman–Crippen MR) is 126 cm³/mol. The summed E-state index contributed by atoms with van der Waals surface area (Å²) in [7, 11) is 0. The van der Waals surface area contributed by atoms with E-state index in [4.69, 9.17) is 9.47 Å². The van der Waals surface area contributed by atoms with Gasteiger partial charge < -0.3 is 14.8 Å². The number of ether oxygens (including phenoxy) is 2. The minimum Gasteiger partial charge on any atom is -0.491 e. The molecule has 1 aliphatic rings. The number of nitrogens with one attached hydrogen (secondary N) is 1. The number of nitrogens with zero attached hydrogens (tertiary/aromatic N) is 1. The van der Waals surface area contributed by atoms with E-state index in [2.05, 4.69) is 5.32 Å². The molecule has 2 aromatic carbocycles. The number of hydrogen-bond acceptors (Lipinski definition) is 5. The Kier molecular flexibility index (Phi) is 7.70. The molecular weight excluding hydrogens is 404 g/mol. The molecular formula is C26H32N2O4. The molecule has 0 saturated carbocycles. The molecule has 6 heteroatoms. The van der Waals surface area contributed by atoms with Crippen molar-refractivity contribution in [2.24, 2.45) is 0 Å². The van der Waals surface area contributed by atoms with Crippen molar-refractivity contribution in [2.75, 3.05) is 25.1 Å². The normalized spacial score (nSPS) is 14.0. The number of amides is 2. The number of hydrogen-bond donors (Lipinski definition) is 1. The first-order valence-electron chi connectivity index (χ1n) is 11.1. The average Bonchev–Trinajstić information content (AvgIpc) is 2.98. The molecule has 0 fully saturated rings. The summed E-state index contributed by atoms with van der Waals surface area (Å²) < 4.78 is 11.1. The fourth-order valence-corrected chi connectivity index (χ4v) is 3.56. The Morgan fingerprint density at radius 1 is 0.969 bits per heavy atom. The van der Waals surface area contributed by atoms with Crippen LogP contribution in [-0.4, -0.2) is 42.6 Å². The Bertz CT molecular complexity index is 1010. The lowest BCUT2D eigenvalue weighted by Crippen LogP contribution is -2.34. The van der Waals surface area contributed by atoms with E-state index in [1.807, 2.05) is 77.1 Å². The third-order valence-corrected chi connectivity index (χ3v) is 5.33. The van der Waals surface area contributed by atoms with Crippen molar-refractivity contribution >= 4 is 23.1 Å². The van der Waals surface area contributed by atoms with Crippen LogP contribution in [0.25, 0.3) is 5.57 Å². The maximum atomic E-state index is 13.3. The van der Waals surface area contributed by atoms with Gasteiger partial charge in [0, 0.05) is 25.4 Å². The van der Waals surface area contributed by atoms with Gasteiger partial charge >= 0.3 is 0 Å². The van der Waals surface area contributed by atoms with Gasteiger partial charge in [-0.15, -0.1) is 0 Å². The minimum atomic E-state index is -0.317. The highest BCUT2D eigenvalue weighted by Gasteiger charge is 2.39. The molecule has 0 aliphatic carbocycles. The summed E-state index contributed by atoms with van der Waals surface area (Å²) in [5, 5.41) is 3.20. The van der Waals surface area contributed by atoms with E-state index >= 15 is 0 Å². The van der Waals surface area contributed by atoms with Crippen LogP contribution in [0.2, 0.25) is 0 Å². The van der Waals surface area contributed by atoms with E-state index in [1.54, 1.807) is 0 Å². The fourth-order valence-electron chi connectivity index (χ4n) is 3.56. The molecule has 0 aromatic heterocycles. The second kappa shape index (κ2) is 10.5. The summed E-state index contributed by atoms with van der Waals surface area (Å²) in [5.41, 5.74) is 4.36. The molecule has 0 atom stereocenters. The van der Waals surface area contributed by atoms with Crippen LogP contribution in [-0.2, 0) is 14.3 Å². The Morgan fingerprint density at radius 2 is 1.69 bits per heavy atom. The lowest BCUT2D eigenvalue weighted by molar-refractivity contribution is -0.137. The summed E-state index contributed by atoms with van der Waals surface area (Å²) in [6.45, 7) is 11.3. The number of carbonyl (C=O) groups excluding carboxylic acids is 2. The largest absolute Gasteiger partial charge is 0.491 e. The first-order chi connectivity index (χ1) is 15.3. The molecule has 0 bridgehead atoms. The SMILES string of the molecule is CCOCCCN1C(=O)C(Nc2ccc(OC(C)C)cc2)=C(c2ccc(C)c(C)c2)C1=O. The second-order valence-corrected chi connectivity index (χ2v) is 8.18. The molecule has 2 aromatic rings. The molecule has 3 rings (SSSR count). The van der Waals surface area contributed by atoms with Crippen molar-refractivity contribution in [1.29, 1.82) is 0 Å². The van der Waals surface area contributed by atoms with Gasteiger partial charge in [0.2, 0.25) is 0 Å². The first-order valence-corrected chi connectivity index (χ1v) is 11.1. The van der Waals surface area contributed by atoms with Crippen molar-refractivity contribution in [3.05, 3.63) is 64.9 Å². The number of anilines is 1. The van der Waals surface area contributed by atoms with E-state index in [0.717, 1.165) is 28.1 Å². The molecule has 0 spiro atoms. The lowest BCUT2D eigenvalue weighted by Gasteiger charge is -2.15. The van der Waals surface area contributed by atoms with Crippen LogP contribution in [0.3, 0.4) is 0 Å². The van der Waals surface area contributed by atoms with Gasteiger partial charge in [-0.3, -0.25) is 14.5 Å². The van der Waals surface area contributed by atoms with Crippen LogP contribution in [0, 0.1) is 13.8 Å². The monoisotopic (exact) mass is 436 g/mol. The van der Waals surface area contributed by atoms with Gasteiger partial charge in [-0.05, 0) is 82.0 Å². The van der Waals surface area contributed by atoms with Crippen molar-refractivity contribution in [3.8, 4) is 5.75 Å². The van der Waals surface area contributed by atoms with E-state index in [9.17, 15) is 9.59 Å². The molecule has 170 valence electrons. The molecule has 6 nitrogen and oxygen atoms in total. The highest BCUT2D eigenvalue weighted by Crippen LogP contribution is 2.32. The maximum Gasteiger partial charge on any atom is 0.278 e. The number of imide groups is 1. The molecule has 1 N–H and O–H groups in total. The quantitative estimate of drug-likeness (QED) is 0.432. The van der Waals surface area contributed by atoms with E-state index in [0.29, 0.717) is 37.4 Å². The Balaban J connectivity index is 1.92. The Morgan fingerprint density at radius 3 is 2.31 bits per heavy atom. The van der Waals surface area contributed by atoms with Gasteiger partial charge in [0.05, 0.1) is 11.7 Å². The van der Waals surface area contributed by atoms with Gasteiger partial charge in [0.1, 0.15) is 11.4 Å². The molecule has 2 amide bonds. The Hall–Kier alpha value is -3.12. The minimum absolute atomic E-state index is 0.0761. The van der Waals surface area contributed by atoms with E-state index < -0.39 is 0 Å². The second-order valence-electron chi connectivity index (χ2n) is 8.18. The van der Waals surface area contributed by atoms with Crippen molar-refractivity contribution in [1.82, 2.24) is 4.90 Å². The first kappa shape index (κ1) is 23.5. The van der Waals surface area contributed by atoms with Crippen molar-refractivity contribution in [3.63, 3.8) is 0 Å². The molecule has 0 unspecified atom stereocenters. The third kappa shape index (κ3) is 5.37. The zero-order valence-electron chi connectivity index (χ0n) is 19.5. The van der Waals surface area contributed by atoms with Crippen LogP contribution in [0.1, 0.15) is 43.9 Å². The topological polar surface area (TPSA) is 67.9 Å². The number of carbonyl (C=O) groups is 2. The van der Waals surface area contributed by atoms with Crippen LogP contribution in [0.4, 0.5) is 5.69 Å². The molecule has 1 heterocycles. The summed E-state index contributed by atoms with van der Waals surface area (Å²) in [6, 6.07) is 13.2. The highest BCUT2D eigenvalue weighted by molar-refractivity contribution is 6.36. The predicted octanol–water partition coefficient (Wildman–Crippen LogP) is 4.71. The van der Waals surface area contributed by atoms with Gasteiger partial charge in [0.15, 0.2) is 0 Å². The van der Waals surface area contributed by atoms with Crippen LogP contribution in [0.5, 0.6) is 5.75 Å². The number of aryl methyl sites for hydroxylation is 2. The molecule has 0 saturated heterocycles.